The van der Waals surface area contributed by atoms with Gasteiger partial charge in [0.2, 0.25) is 0 Å². The first kappa shape index (κ1) is 20.0. The molecule has 1 aromatic rings. The average molecular weight is 346 g/mol. The molecule has 0 atom stereocenters. The van der Waals surface area contributed by atoms with E-state index in [2.05, 4.69) is 26.0 Å². The van der Waals surface area contributed by atoms with E-state index in [-0.39, 0.29) is 5.97 Å². The number of thiophene rings is 1. The normalized spacial score (nSPS) is 13.1. The topological polar surface area (TPSA) is 35.5 Å². The fourth-order valence-electron chi connectivity index (χ4n) is 2.12. The third kappa shape index (κ3) is 6.20. The number of carbonyl (C=O) groups is 1. The van der Waals surface area contributed by atoms with Crippen molar-refractivity contribution in [3.8, 4) is 5.06 Å². The smallest absolute Gasteiger partial charge is 0.330 e. The maximum absolute atomic E-state index is 11.3. The van der Waals surface area contributed by atoms with Gasteiger partial charge in [0.1, 0.15) is 0 Å². The zero-order valence-electron chi connectivity index (χ0n) is 15.3. The molecule has 0 saturated carbocycles. The third-order valence-electron chi connectivity index (χ3n) is 3.38. The van der Waals surface area contributed by atoms with Crippen LogP contribution in [0.1, 0.15) is 36.8 Å². The van der Waals surface area contributed by atoms with Crippen molar-refractivity contribution in [1.29, 1.82) is 0 Å². The number of hydrogen-bond donors (Lipinski definition) is 0. The van der Waals surface area contributed by atoms with E-state index >= 15 is 0 Å². The van der Waals surface area contributed by atoms with E-state index in [0.29, 0.717) is 6.61 Å². The number of carbonyl (C=O) groups excluding carboxylic acids is 1. The van der Waals surface area contributed by atoms with Gasteiger partial charge in [-0.15, -0.1) is 11.3 Å². The van der Waals surface area contributed by atoms with E-state index < -0.39 is 0 Å². The van der Waals surface area contributed by atoms with E-state index in [4.69, 9.17) is 9.47 Å². The lowest BCUT2D eigenvalue weighted by Gasteiger charge is -1.97. The molecule has 4 heteroatoms. The number of methoxy groups -OCH3 is 1. The van der Waals surface area contributed by atoms with Crippen LogP contribution in [0.15, 0.2) is 41.5 Å². The lowest BCUT2D eigenvalue weighted by atomic mass is 10.1. The van der Waals surface area contributed by atoms with Crippen molar-refractivity contribution < 1.29 is 14.3 Å². The summed E-state index contributed by atoms with van der Waals surface area (Å²) < 4.78 is 10.2. The van der Waals surface area contributed by atoms with E-state index in [9.17, 15) is 4.79 Å². The molecule has 0 spiro atoms. The molecule has 0 fully saturated rings. The Morgan fingerprint density at radius 2 is 1.88 bits per heavy atom. The fraction of sp³-hybridized carbons (Fsp3) is 0.350. The second-order valence-corrected chi connectivity index (χ2v) is 6.62. The molecule has 3 nitrogen and oxygen atoms in total. The van der Waals surface area contributed by atoms with E-state index in [1.807, 2.05) is 32.1 Å². The van der Waals surface area contributed by atoms with Crippen LogP contribution in [0.25, 0.3) is 6.08 Å². The van der Waals surface area contributed by atoms with E-state index in [1.54, 1.807) is 25.4 Å². The molecular formula is C20H26O3S. The molecule has 0 aromatic carbocycles. The Morgan fingerprint density at radius 1 is 1.17 bits per heavy atom. The highest BCUT2D eigenvalue weighted by Gasteiger charge is 2.09. The first-order valence-electron chi connectivity index (χ1n) is 7.91. The number of esters is 1. The monoisotopic (exact) mass is 346 g/mol. The highest BCUT2D eigenvalue weighted by molar-refractivity contribution is 7.14. The molecule has 0 N–H and O–H groups in total. The average Bonchev–Trinajstić information content (AvgIpc) is 2.79. The Balaban J connectivity index is 2.76. The Kier molecular flexibility index (Phi) is 8.27. The SMILES string of the molecule is CCOC(=O)/C=C(\C)C=CC=C(C)C=Cc1c(C)sc(OC)c1C. The standard InChI is InChI=1S/C20H26O3S/c1-7-23-19(21)13-15(3)10-8-9-14(2)11-12-18-16(4)20(22-6)24-17(18)5/h8-13H,7H2,1-6H3/b10-8?,12-11?,14-9?,15-13+. The van der Waals surface area contributed by atoms with Crippen LogP contribution in [-0.2, 0) is 9.53 Å². The summed E-state index contributed by atoms with van der Waals surface area (Å²) in [4.78, 5) is 12.6. The molecule has 1 aromatic heterocycles. The summed E-state index contributed by atoms with van der Waals surface area (Å²) in [6.07, 6.45) is 11.5. The molecule has 0 radical (unpaired) electrons. The van der Waals surface area contributed by atoms with E-state index in [1.165, 1.54) is 22.1 Å². The summed E-state index contributed by atoms with van der Waals surface area (Å²) in [5.41, 5.74) is 4.37. The van der Waals surface area contributed by atoms with Crippen LogP contribution >= 0.6 is 11.3 Å². The number of allylic oxidation sites excluding steroid dienone is 6. The Hall–Kier alpha value is -2.07. The maximum atomic E-state index is 11.3. The van der Waals surface area contributed by atoms with Crippen LogP contribution in [-0.4, -0.2) is 19.7 Å². The summed E-state index contributed by atoms with van der Waals surface area (Å²) in [7, 11) is 1.70. The summed E-state index contributed by atoms with van der Waals surface area (Å²) >= 11 is 1.67. The molecule has 0 aliphatic heterocycles. The molecule has 1 rings (SSSR count). The lowest BCUT2D eigenvalue weighted by Crippen LogP contribution is -1.99. The molecular weight excluding hydrogens is 320 g/mol. The van der Waals surface area contributed by atoms with Crippen LogP contribution in [0.2, 0.25) is 0 Å². The quantitative estimate of drug-likeness (QED) is 0.377. The molecule has 0 aliphatic rings. The molecule has 0 saturated heterocycles. The Morgan fingerprint density at radius 3 is 2.46 bits per heavy atom. The summed E-state index contributed by atoms with van der Waals surface area (Å²) in [6.45, 7) is 10.3. The van der Waals surface area contributed by atoms with E-state index in [0.717, 1.165) is 16.2 Å². The number of aryl methyl sites for hydroxylation is 1. The molecule has 0 aliphatic carbocycles. The van der Waals surface area contributed by atoms with Gasteiger partial charge in [0, 0.05) is 16.5 Å². The van der Waals surface area contributed by atoms with Crippen LogP contribution in [0.3, 0.4) is 0 Å². The van der Waals surface area contributed by atoms with Gasteiger partial charge in [-0.2, -0.15) is 0 Å². The molecule has 24 heavy (non-hydrogen) atoms. The lowest BCUT2D eigenvalue weighted by molar-refractivity contribution is -0.137. The van der Waals surface area contributed by atoms with Crippen molar-refractivity contribution in [2.45, 2.75) is 34.6 Å². The number of ether oxygens (including phenoxy) is 2. The predicted octanol–water partition coefficient (Wildman–Crippen LogP) is 5.40. The predicted molar refractivity (Wildman–Crippen MR) is 103 cm³/mol. The Labute approximate surface area is 149 Å². The van der Waals surface area contributed by atoms with Gasteiger partial charge in [-0.05, 0) is 45.8 Å². The molecule has 1 heterocycles. The zero-order chi connectivity index (χ0) is 18.1. The summed E-state index contributed by atoms with van der Waals surface area (Å²) in [5.74, 6) is -0.308. The first-order chi connectivity index (χ1) is 11.4. The van der Waals surface area contributed by atoms with Gasteiger partial charge >= 0.3 is 5.97 Å². The number of rotatable bonds is 7. The minimum Gasteiger partial charge on any atom is -0.487 e. The van der Waals surface area contributed by atoms with Crippen molar-refractivity contribution in [3.05, 3.63) is 57.5 Å². The zero-order valence-corrected chi connectivity index (χ0v) is 16.1. The van der Waals surface area contributed by atoms with Crippen LogP contribution < -0.4 is 4.74 Å². The second kappa shape index (κ2) is 9.93. The van der Waals surface area contributed by atoms with Crippen LogP contribution in [0.5, 0.6) is 5.06 Å². The third-order valence-corrected chi connectivity index (χ3v) is 4.57. The minimum absolute atomic E-state index is 0.308. The van der Waals surface area contributed by atoms with Crippen molar-refractivity contribution in [2.24, 2.45) is 0 Å². The molecule has 130 valence electrons. The van der Waals surface area contributed by atoms with Gasteiger partial charge in [-0.25, -0.2) is 4.79 Å². The molecule has 0 bridgehead atoms. The van der Waals surface area contributed by atoms with Crippen molar-refractivity contribution >= 4 is 23.4 Å². The van der Waals surface area contributed by atoms with Gasteiger partial charge in [0.15, 0.2) is 5.06 Å². The highest BCUT2D eigenvalue weighted by atomic mass is 32.1. The first-order valence-corrected chi connectivity index (χ1v) is 8.72. The van der Waals surface area contributed by atoms with Crippen molar-refractivity contribution in [1.82, 2.24) is 0 Å². The van der Waals surface area contributed by atoms with Gasteiger partial charge in [-0.1, -0.05) is 36.0 Å². The van der Waals surface area contributed by atoms with Crippen LogP contribution in [0, 0.1) is 13.8 Å². The maximum Gasteiger partial charge on any atom is 0.330 e. The minimum atomic E-state index is -0.308. The van der Waals surface area contributed by atoms with Gasteiger partial charge < -0.3 is 9.47 Å². The van der Waals surface area contributed by atoms with Crippen LogP contribution in [0.4, 0.5) is 0 Å². The van der Waals surface area contributed by atoms with Gasteiger partial charge in [0.05, 0.1) is 13.7 Å². The Bertz CT molecular complexity index is 688. The summed E-state index contributed by atoms with van der Waals surface area (Å²) in [6, 6.07) is 0. The fourth-order valence-corrected chi connectivity index (χ4v) is 3.08. The largest absolute Gasteiger partial charge is 0.487 e. The van der Waals surface area contributed by atoms with Crippen molar-refractivity contribution in [3.63, 3.8) is 0 Å². The van der Waals surface area contributed by atoms with Gasteiger partial charge in [-0.3, -0.25) is 0 Å². The summed E-state index contributed by atoms with van der Waals surface area (Å²) in [5, 5.41) is 0.966. The molecule has 0 amide bonds. The number of hydrogen-bond acceptors (Lipinski definition) is 4. The molecule has 0 unspecified atom stereocenters. The van der Waals surface area contributed by atoms with Gasteiger partial charge in [0.25, 0.3) is 0 Å². The highest BCUT2D eigenvalue weighted by Crippen LogP contribution is 2.34. The van der Waals surface area contributed by atoms with Crippen molar-refractivity contribution in [2.75, 3.05) is 13.7 Å². The second-order valence-electron chi connectivity index (χ2n) is 5.43.